The number of alkyl halides is 6. The number of nitrogen functional groups attached to an aromatic ring is 1. The highest BCUT2D eigenvalue weighted by Crippen LogP contribution is 2.37. The summed E-state index contributed by atoms with van der Waals surface area (Å²) in [5.74, 6) is -0.503. The Bertz CT molecular complexity index is 1380. The van der Waals surface area contributed by atoms with Crippen LogP contribution in [0.25, 0.3) is 10.9 Å². The van der Waals surface area contributed by atoms with Crippen molar-refractivity contribution in [2.24, 2.45) is 0 Å². The van der Waals surface area contributed by atoms with E-state index in [4.69, 9.17) is 10.5 Å². The summed E-state index contributed by atoms with van der Waals surface area (Å²) >= 11 is 0. The van der Waals surface area contributed by atoms with Crippen LogP contribution in [-0.4, -0.2) is 10.9 Å². The van der Waals surface area contributed by atoms with Gasteiger partial charge in [0.25, 0.3) is 5.91 Å². The number of nitrogens with two attached hydrogens (primary N) is 1. The predicted molar refractivity (Wildman–Crippen MR) is 117 cm³/mol. The molecule has 0 radical (unpaired) electrons. The zero-order chi connectivity index (χ0) is 25.4. The van der Waals surface area contributed by atoms with Crippen molar-refractivity contribution in [3.8, 4) is 11.5 Å². The quantitative estimate of drug-likeness (QED) is 0.241. The molecule has 0 unspecified atom stereocenters. The van der Waals surface area contributed by atoms with Gasteiger partial charge in [0.2, 0.25) is 0 Å². The van der Waals surface area contributed by atoms with E-state index in [2.05, 4.69) is 10.3 Å². The molecule has 0 saturated carbocycles. The first-order valence-corrected chi connectivity index (χ1v) is 9.94. The number of carbonyl (C=O) groups excluding carboxylic acids is 1. The molecule has 4 aromatic rings. The summed E-state index contributed by atoms with van der Waals surface area (Å²) in [5, 5.41) is 2.92. The van der Waals surface area contributed by atoms with E-state index in [1.807, 2.05) is 0 Å². The maximum atomic E-state index is 13.1. The van der Waals surface area contributed by atoms with Crippen LogP contribution in [0.1, 0.15) is 21.5 Å². The van der Waals surface area contributed by atoms with E-state index in [1.165, 1.54) is 24.4 Å². The minimum absolute atomic E-state index is 0.0446. The van der Waals surface area contributed by atoms with Crippen LogP contribution in [0, 0.1) is 0 Å². The number of ether oxygens (including phenoxy) is 1. The summed E-state index contributed by atoms with van der Waals surface area (Å²) in [6.45, 7) is 0. The fraction of sp³-hybridized carbons (Fsp3) is 0.0833. The second-order valence-electron chi connectivity index (χ2n) is 7.43. The lowest BCUT2D eigenvalue weighted by molar-refractivity contribution is -0.143. The zero-order valence-corrected chi connectivity index (χ0v) is 17.5. The van der Waals surface area contributed by atoms with Gasteiger partial charge in [-0.05, 0) is 48.5 Å². The molecular formula is C24H15F6N3O2. The third kappa shape index (κ3) is 5.29. The Morgan fingerprint density at radius 2 is 1.51 bits per heavy atom. The molecule has 1 heterocycles. The van der Waals surface area contributed by atoms with Crippen LogP contribution in [0.5, 0.6) is 11.5 Å². The lowest BCUT2D eigenvalue weighted by Crippen LogP contribution is -2.17. The molecule has 4 rings (SSSR count). The number of hydrogen-bond acceptors (Lipinski definition) is 4. The molecule has 5 nitrogen and oxygen atoms in total. The molecule has 3 aromatic carbocycles. The molecule has 0 atom stereocenters. The van der Waals surface area contributed by atoms with Crippen LogP contribution in [0.3, 0.4) is 0 Å². The third-order valence-electron chi connectivity index (χ3n) is 4.93. The lowest BCUT2D eigenvalue weighted by Gasteiger charge is -2.14. The molecule has 0 saturated heterocycles. The monoisotopic (exact) mass is 491 g/mol. The molecule has 0 spiro atoms. The van der Waals surface area contributed by atoms with Gasteiger partial charge in [0, 0.05) is 28.9 Å². The van der Waals surface area contributed by atoms with Crippen molar-refractivity contribution in [2.75, 3.05) is 11.1 Å². The van der Waals surface area contributed by atoms with Crippen molar-refractivity contribution in [2.45, 2.75) is 12.4 Å². The Kier molecular flexibility index (Phi) is 6.01. The highest BCUT2D eigenvalue weighted by atomic mass is 19.4. The van der Waals surface area contributed by atoms with E-state index in [0.29, 0.717) is 34.5 Å². The number of para-hydroxylation sites is 1. The average Bonchev–Trinajstić information content (AvgIpc) is 2.78. The maximum Gasteiger partial charge on any atom is 0.416 e. The van der Waals surface area contributed by atoms with E-state index >= 15 is 0 Å². The van der Waals surface area contributed by atoms with Gasteiger partial charge in [-0.3, -0.25) is 9.78 Å². The summed E-state index contributed by atoms with van der Waals surface area (Å²) in [6, 6.07) is 13.2. The van der Waals surface area contributed by atoms with E-state index < -0.39 is 35.0 Å². The number of nitrogens with zero attached hydrogens (tertiary/aromatic N) is 1. The second kappa shape index (κ2) is 8.82. The lowest BCUT2D eigenvalue weighted by atomic mass is 10.0. The molecule has 11 heteroatoms. The number of rotatable bonds is 4. The highest BCUT2D eigenvalue weighted by molar-refractivity contribution is 6.04. The number of benzene rings is 3. The Balaban J connectivity index is 1.61. The first-order valence-electron chi connectivity index (χ1n) is 9.94. The molecule has 180 valence electrons. The van der Waals surface area contributed by atoms with Crippen LogP contribution < -0.4 is 15.8 Å². The van der Waals surface area contributed by atoms with Gasteiger partial charge in [0.1, 0.15) is 11.5 Å². The number of anilines is 2. The van der Waals surface area contributed by atoms with Crippen LogP contribution in [-0.2, 0) is 12.4 Å². The smallest absolute Gasteiger partial charge is 0.416 e. The van der Waals surface area contributed by atoms with E-state index in [1.54, 1.807) is 30.3 Å². The molecule has 1 aromatic heterocycles. The van der Waals surface area contributed by atoms with E-state index in [0.717, 1.165) is 0 Å². The molecule has 0 aliphatic carbocycles. The van der Waals surface area contributed by atoms with Gasteiger partial charge in [0.05, 0.1) is 22.3 Å². The van der Waals surface area contributed by atoms with Crippen molar-refractivity contribution in [1.82, 2.24) is 4.98 Å². The zero-order valence-electron chi connectivity index (χ0n) is 17.5. The fourth-order valence-corrected chi connectivity index (χ4v) is 3.32. The number of halogens is 6. The minimum Gasteiger partial charge on any atom is -0.457 e. The van der Waals surface area contributed by atoms with Gasteiger partial charge in [-0.1, -0.05) is 12.1 Å². The SMILES string of the molecule is Nc1cccc2c(Oc3cccc(NC(=O)c4cc(C(F)(F)F)cc(C(F)(F)F)c4)c3)ccnc12. The topological polar surface area (TPSA) is 77.2 Å². The minimum atomic E-state index is -5.07. The normalized spacial score (nSPS) is 11.9. The van der Waals surface area contributed by atoms with Crippen LogP contribution >= 0.6 is 0 Å². The molecular weight excluding hydrogens is 476 g/mol. The molecule has 35 heavy (non-hydrogen) atoms. The Hall–Kier alpha value is -4.28. The van der Waals surface area contributed by atoms with E-state index in [-0.39, 0.29) is 17.5 Å². The van der Waals surface area contributed by atoms with Crippen molar-refractivity contribution in [3.05, 3.63) is 89.6 Å². The predicted octanol–water partition coefficient (Wildman–Crippen LogP) is 6.90. The number of carbonyl (C=O) groups is 1. The van der Waals surface area contributed by atoms with Crippen molar-refractivity contribution in [3.63, 3.8) is 0 Å². The number of fused-ring (bicyclic) bond motifs is 1. The van der Waals surface area contributed by atoms with Crippen molar-refractivity contribution < 1.29 is 35.9 Å². The number of aromatic nitrogens is 1. The maximum absolute atomic E-state index is 13.1. The first-order chi connectivity index (χ1) is 16.4. The Labute approximate surface area is 194 Å². The summed E-state index contributed by atoms with van der Waals surface area (Å²) in [7, 11) is 0. The van der Waals surface area contributed by atoms with Gasteiger partial charge >= 0.3 is 12.4 Å². The largest absolute Gasteiger partial charge is 0.457 e. The second-order valence-corrected chi connectivity index (χ2v) is 7.43. The molecule has 1 amide bonds. The van der Waals surface area contributed by atoms with Gasteiger partial charge in [-0.15, -0.1) is 0 Å². The van der Waals surface area contributed by atoms with Gasteiger partial charge in [0.15, 0.2) is 0 Å². The Morgan fingerprint density at radius 1 is 0.857 bits per heavy atom. The van der Waals surface area contributed by atoms with E-state index in [9.17, 15) is 31.1 Å². The summed E-state index contributed by atoms with van der Waals surface area (Å²) in [6.07, 6.45) is -8.65. The molecule has 0 aliphatic heterocycles. The van der Waals surface area contributed by atoms with Crippen molar-refractivity contribution in [1.29, 1.82) is 0 Å². The Morgan fingerprint density at radius 3 is 2.17 bits per heavy atom. The van der Waals surface area contributed by atoms with Crippen molar-refractivity contribution >= 4 is 28.2 Å². The van der Waals surface area contributed by atoms with Crippen LogP contribution in [0.4, 0.5) is 37.7 Å². The number of hydrogen-bond donors (Lipinski definition) is 2. The molecule has 0 aliphatic rings. The molecule has 0 fully saturated rings. The first kappa shape index (κ1) is 23.9. The fourth-order valence-electron chi connectivity index (χ4n) is 3.32. The summed E-state index contributed by atoms with van der Waals surface area (Å²) < 4.78 is 84.4. The number of amides is 1. The third-order valence-corrected chi connectivity index (χ3v) is 4.93. The average molecular weight is 491 g/mol. The van der Waals surface area contributed by atoms with Crippen LogP contribution in [0.2, 0.25) is 0 Å². The number of pyridine rings is 1. The molecule has 3 N–H and O–H groups in total. The molecule has 0 bridgehead atoms. The number of nitrogens with one attached hydrogen (secondary N) is 1. The summed E-state index contributed by atoms with van der Waals surface area (Å²) in [4.78, 5) is 16.7. The van der Waals surface area contributed by atoms with Crippen LogP contribution in [0.15, 0.2) is 72.9 Å². The van der Waals surface area contributed by atoms with Gasteiger partial charge in [-0.2, -0.15) is 26.3 Å². The summed E-state index contributed by atoms with van der Waals surface area (Å²) in [5.41, 5.74) is 3.00. The standard InChI is InChI=1S/C24H15F6N3O2/c25-23(26,27)14-9-13(10-15(11-14)24(28,29)30)22(34)33-16-3-1-4-17(12-16)35-20-7-8-32-21-18(20)5-2-6-19(21)31/h1-12H,31H2,(H,33,34). The van der Waals surface area contributed by atoms with Gasteiger partial charge in [-0.25, -0.2) is 0 Å². The highest BCUT2D eigenvalue weighted by Gasteiger charge is 2.37. The van der Waals surface area contributed by atoms with Gasteiger partial charge < -0.3 is 15.8 Å².